The van der Waals surface area contributed by atoms with Crippen LogP contribution in [-0.4, -0.2) is 35.2 Å². The van der Waals surface area contributed by atoms with Crippen molar-refractivity contribution in [3.63, 3.8) is 0 Å². The lowest BCUT2D eigenvalue weighted by Gasteiger charge is -2.16. The smallest absolute Gasteiger partial charge is 0.132 e. The van der Waals surface area contributed by atoms with Crippen LogP contribution in [0, 0.1) is 12.7 Å². The number of thioether (sulfide) groups is 2. The maximum atomic E-state index is 14.3. The van der Waals surface area contributed by atoms with Gasteiger partial charge in [0.1, 0.15) is 17.3 Å². The van der Waals surface area contributed by atoms with E-state index in [-0.39, 0.29) is 18.0 Å². The van der Waals surface area contributed by atoms with Crippen LogP contribution in [0.4, 0.5) is 15.8 Å². The second-order valence-corrected chi connectivity index (χ2v) is 12.7. The van der Waals surface area contributed by atoms with Gasteiger partial charge >= 0.3 is 0 Å². The fourth-order valence-electron chi connectivity index (χ4n) is 5.81. The lowest BCUT2D eigenvalue weighted by Crippen LogP contribution is -1.93. The lowest BCUT2D eigenvalue weighted by atomic mass is 9.91. The second kappa shape index (κ2) is 13.8. The standard InChI is InChI=1S/C39H33FN2O2S2/c1-24-20-27(38(43)34(21-24)45-2)16-18-41-32-14-12-25-8-4-6-10-30(25)36(32)37-31-11-7-5-9-26(31)13-15-33(37)42-19-17-28-22-29(40)23-35(46-3)39(28)44/h4-15,18-23,43-44H,16-17H2,1-3H3. The Morgan fingerprint density at radius 1 is 0.630 bits per heavy atom. The van der Waals surface area contributed by atoms with Gasteiger partial charge in [0.2, 0.25) is 0 Å². The molecule has 0 fully saturated rings. The zero-order valence-corrected chi connectivity index (χ0v) is 27.4. The summed E-state index contributed by atoms with van der Waals surface area (Å²) >= 11 is 2.83. The van der Waals surface area contributed by atoms with Crippen LogP contribution in [0.5, 0.6) is 11.5 Å². The Morgan fingerprint density at radius 2 is 1.11 bits per heavy atom. The van der Waals surface area contributed by atoms with Gasteiger partial charge in [0, 0.05) is 52.4 Å². The summed E-state index contributed by atoms with van der Waals surface area (Å²) < 4.78 is 14.3. The van der Waals surface area contributed by atoms with Gasteiger partial charge < -0.3 is 10.2 Å². The van der Waals surface area contributed by atoms with Crippen LogP contribution in [-0.2, 0) is 12.8 Å². The second-order valence-electron chi connectivity index (χ2n) is 11.0. The Labute approximate surface area is 276 Å². The highest BCUT2D eigenvalue weighted by Crippen LogP contribution is 2.45. The molecule has 2 N–H and O–H groups in total. The first-order chi connectivity index (χ1) is 22.4. The third-order valence-electron chi connectivity index (χ3n) is 8.00. The van der Waals surface area contributed by atoms with Gasteiger partial charge in [-0.15, -0.1) is 23.5 Å². The van der Waals surface area contributed by atoms with Crippen LogP contribution >= 0.6 is 23.5 Å². The molecule has 7 heteroatoms. The van der Waals surface area contributed by atoms with E-state index in [1.165, 1.54) is 35.7 Å². The van der Waals surface area contributed by atoms with Gasteiger partial charge in [-0.1, -0.05) is 66.7 Å². The van der Waals surface area contributed by atoms with E-state index in [0.29, 0.717) is 22.6 Å². The van der Waals surface area contributed by atoms with Gasteiger partial charge in [-0.2, -0.15) is 0 Å². The predicted octanol–water partition coefficient (Wildman–Crippen LogP) is 10.9. The van der Waals surface area contributed by atoms with E-state index in [0.717, 1.165) is 60.1 Å². The van der Waals surface area contributed by atoms with Crippen molar-refractivity contribution < 1.29 is 14.6 Å². The summed E-state index contributed by atoms with van der Waals surface area (Å²) in [6.45, 7) is 2.03. The van der Waals surface area contributed by atoms with Gasteiger partial charge in [0.25, 0.3) is 0 Å². The van der Waals surface area contributed by atoms with E-state index in [1.807, 2.05) is 74.2 Å². The summed E-state index contributed by atoms with van der Waals surface area (Å²) in [6.07, 6.45) is 8.09. The van der Waals surface area contributed by atoms with Crippen molar-refractivity contribution in [1.82, 2.24) is 0 Å². The molecule has 0 unspecified atom stereocenters. The van der Waals surface area contributed by atoms with Gasteiger partial charge in [0.15, 0.2) is 0 Å². The summed E-state index contributed by atoms with van der Waals surface area (Å²) in [5.41, 5.74) is 5.83. The molecular weight excluding hydrogens is 612 g/mol. The van der Waals surface area contributed by atoms with E-state index >= 15 is 0 Å². The average molecular weight is 645 g/mol. The van der Waals surface area contributed by atoms with Crippen molar-refractivity contribution in [3.05, 3.63) is 120 Å². The number of hydrogen-bond donors (Lipinski definition) is 2. The normalized spacial score (nSPS) is 11.8. The van der Waals surface area contributed by atoms with Gasteiger partial charge in [-0.3, -0.25) is 9.98 Å². The van der Waals surface area contributed by atoms with Crippen molar-refractivity contribution in [2.45, 2.75) is 29.6 Å². The Bertz CT molecular complexity index is 1990. The highest BCUT2D eigenvalue weighted by Gasteiger charge is 2.17. The largest absolute Gasteiger partial charge is 0.506 e. The maximum Gasteiger partial charge on any atom is 0.132 e. The van der Waals surface area contributed by atoms with Crippen molar-refractivity contribution in [2.24, 2.45) is 9.98 Å². The number of fused-ring (bicyclic) bond motifs is 2. The molecule has 0 spiro atoms. The fraction of sp³-hybridized carbons (Fsp3) is 0.128. The van der Waals surface area contributed by atoms with Gasteiger partial charge in [0.05, 0.1) is 16.3 Å². The summed E-state index contributed by atoms with van der Waals surface area (Å²) in [5, 5.41) is 25.7. The third kappa shape index (κ3) is 6.39. The van der Waals surface area contributed by atoms with Crippen LogP contribution in [0.3, 0.4) is 0 Å². The first-order valence-corrected chi connectivity index (χ1v) is 17.3. The number of aliphatic imine (C=N–C) groups is 2. The van der Waals surface area contributed by atoms with E-state index in [1.54, 1.807) is 6.21 Å². The summed E-state index contributed by atoms with van der Waals surface area (Å²) in [5.74, 6) is -0.0177. The van der Waals surface area contributed by atoms with Crippen LogP contribution in [0.15, 0.2) is 117 Å². The summed E-state index contributed by atoms with van der Waals surface area (Å²) in [6, 6.07) is 31.3. The Hall–Kier alpha value is -4.59. The van der Waals surface area contributed by atoms with Gasteiger partial charge in [-0.05, 0) is 76.9 Å². The Morgan fingerprint density at radius 3 is 1.63 bits per heavy atom. The fourth-order valence-corrected chi connectivity index (χ4v) is 7.00. The number of benzene rings is 6. The number of phenolic OH excluding ortho intramolecular Hbond substituents is 2. The van der Waals surface area contributed by atoms with Crippen LogP contribution in [0.2, 0.25) is 0 Å². The number of phenols is 2. The molecule has 6 rings (SSSR count). The summed E-state index contributed by atoms with van der Waals surface area (Å²) in [7, 11) is 0. The van der Waals surface area contributed by atoms with Crippen molar-refractivity contribution in [1.29, 1.82) is 0 Å². The molecule has 6 aromatic rings. The Balaban J connectivity index is 1.49. The van der Waals surface area contributed by atoms with E-state index in [4.69, 9.17) is 9.98 Å². The Kier molecular flexibility index (Phi) is 9.43. The zero-order valence-electron chi connectivity index (χ0n) is 25.8. The molecule has 0 saturated carbocycles. The maximum absolute atomic E-state index is 14.3. The van der Waals surface area contributed by atoms with E-state index in [9.17, 15) is 14.6 Å². The molecule has 6 aromatic carbocycles. The highest BCUT2D eigenvalue weighted by molar-refractivity contribution is 7.99. The van der Waals surface area contributed by atoms with Crippen LogP contribution in [0.25, 0.3) is 32.7 Å². The molecule has 0 atom stereocenters. The molecule has 0 aromatic heterocycles. The number of rotatable bonds is 9. The number of hydrogen-bond acceptors (Lipinski definition) is 6. The minimum Gasteiger partial charge on any atom is -0.506 e. The first kappa shape index (κ1) is 31.4. The number of halogens is 1. The molecule has 0 aliphatic carbocycles. The zero-order chi connectivity index (χ0) is 32.2. The minimum atomic E-state index is -0.390. The molecular formula is C39H33FN2O2S2. The first-order valence-electron chi connectivity index (χ1n) is 14.9. The predicted molar refractivity (Wildman–Crippen MR) is 195 cm³/mol. The van der Waals surface area contributed by atoms with Crippen molar-refractivity contribution in [2.75, 3.05) is 12.5 Å². The van der Waals surface area contributed by atoms with E-state index in [2.05, 4.69) is 36.4 Å². The monoisotopic (exact) mass is 644 g/mol. The average Bonchev–Trinajstić information content (AvgIpc) is 3.07. The summed E-state index contributed by atoms with van der Waals surface area (Å²) in [4.78, 5) is 11.3. The SMILES string of the molecule is CSc1cc(C)cc(CC=Nc2ccc3ccccc3c2-c2c(N=CCc3cc(F)cc(SC)c3O)ccc3ccccc23)c1O. The van der Waals surface area contributed by atoms with Crippen molar-refractivity contribution in [3.8, 4) is 22.6 Å². The molecule has 46 heavy (non-hydrogen) atoms. The van der Waals surface area contributed by atoms with Crippen molar-refractivity contribution >= 4 is 68.9 Å². The molecule has 230 valence electrons. The molecule has 0 radical (unpaired) electrons. The molecule has 0 aliphatic rings. The number of aromatic hydroxyl groups is 2. The third-order valence-corrected chi connectivity index (χ3v) is 9.51. The number of aryl methyl sites for hydroxylation is 1. The van der Waals surface area contributed by atoms with E-state index < -0.39 is 0 Å². The quantitative estimate of drug-likeness (QED) is 0.121. The molecule has 0 aliphatic heterocycles. The van der Waals surface area contributed by atoms with Crippen LogP contribution < -0.4 is 0 Å². The molecule has 0 amide bonds. The molecule has 0 heterocycles. The lowest BCUT2D eigenvalue weighted by molar-refractivity contribution is 0.454. The molecule has 0 bridgehead atoms. The molecule has 4 nitrogen and oxygen atoms in total. The number of nitrogens with zero attached hydrogens (tertiary/aromatic N) is 2. The highest BCUT2D eigenvalue weighted by atomic mass is 32.2. The minimum absolute atomic E-state index is 0.0778. The van der Waals surface area contributed by atoms with Crippen LogP contribution in [0.1, 0.15) is 16.7 Å². The van der Waals surface area contributed by atoms with Gasteiger partial charge in [-0.25, -0.2) is 4.39 Å². The topological polar surface area (TPSA) is 65.2 Å². The molecule has 0 saturated heterocycles.